The molecule has 1 aliphatic heterocycles. The van der Waals surface area contributed by atoms with Gasteiger partial charge in [-0.05, 0) is 24.5 Å². The van der Waals surface area contributed by atoms with Crippen LogP contribution in [-0.2, 0) is 4.79 Å². The lowest BCUT2D eigenvalue weighted by Gasteiger charge is -2.29. The maximum Gasteiger partial charge on any atom is 0.270 e. The zero-order valence-corrected chi connectivity index (χ0v) is 19.6. The van der Waals surface area contributed by atoms with Gasteiger partial charge in [-0.1, -0.05) is 49.0 Å². The van der Waals surface area contributed by atoms with Gasteiger partial charge in [0.2, 0.25) is 23.2 Å². The largest absolute Gasteiger partial charge is 0.455 e. The number of fused-ring (bicyclic) bond motifs is 3. The Morgan fingerprint density at radius 3 is 2.74 bits per heavy atom. The average Bonchev–Trinajstić information content (AvgIpc) is 3.33. The molecule has 0 unspecified atom stereocenters. The number of aromatic nitrogens is 3. The van der Waals surface area contributed by atoms with Crippen LogP contribution in [0.1, 0.15) is 25.3 Å². The van der Waals surface area contributed by atoms with Gasteiger partial charge < -0.3 is 9.15 Å². The maximum absolute atomic E-state index is 13.2. The molecule has 11 heteroatoms. The van der Waals surface area contributed by atoms with Crippen LogP contribution in [0.5, 0.6) is 5.88 Å². The molecule has 1 aliphatic rings. The SMILES string of the molecule is CCC(=O)N1c2ccccc2-c2nnc(SC)nc2O[C@H]1c1ccc(-c2cccc([N+](=O)[O-])c2)o1. The van der Waals surface area contributed by atoms with Gasteiger partial charge in [-0.3, -0.25) is 19.8 Å². The first-order valence-electron chi connectivity index (χ1n) is 10.7. The number of para-hydroxylation sites is 1. The van der Waals surface area contributed by atoms with E-state index in [1.54, 1.807) is 31.2 Å². The van der Waals surface area contributed by atoms with Crippen molar-refractivity contribution in [1.29, 1.82) is 0 Å². The van der Waals surface area contributed by atoms with Crippen molar-refractivity contribution < 1.29 is 18.9 Å². The molecule has 0 saturated heterocycles. The molecule has 1 amide bonds. The van der Waals surface area contributed by atoms with Crippen LogP contribution >= 0.6 is 11.8 Å². The lowest BCUT2D eigenvalue weighted by Crippen LogP contribution is -2.37. The highest BCUT2D eigenvalue weighted by Crippen LogP contribution is 2.44. The van der Waals surface area contributed by atoms with E-state index in [1.165, 1.54) is 28.8 Å². The van der Waals surface area contributed by atoms with Crippen LogP contribution in [0.3, 0.4) is 0 Å². The number of ether oxygens (including phenoxy) is 1. The molecule has 176 valence electrons. The predicted octanol–water partition coefficient (Wildman–Crippen LogP) is 5.26. The molecule has 0 N–H and O–H groups in total. The zero-order valence-electron chi connectivity index (χ0n) is 18.7. The van der Waals surface area contributed by atoms with E-state index in [0.29, 0.717) is 39.2 Å². The van der Waals surface area contributed by atoms with Gasteiger partial charge >= 0.3 is 0 Å². The summed E-state index contributed by atoms with van der Waals surface area (Å²) in [7, 11) is 0. The van der Waals surface area contributed by atoms with Gasteiger partial charge in [-0.2, -0.15) is 4.98 Å². The molecule has 1 atom stereocenters. The third-order valence-corrected chi connectivity index (χ3v) is 6.02. The van der Waals surface area contributed by atoms with Crippen molar-refractivity contribution in [3.05, 3.63) is 76.5 Å². The molecular formula is C24H19N5O5S. The molecule has 5 rings (SSSR count). The predicted molar refractivity (Wildman–Crippen MR) is 129 cm³/mol. The minimum Gasteiger partial charge on any atom is -0.455 e. The van der Waals surface area contributed by atoms with Crippen molar-refractivity contribution in [1.82, 2.24) is 15.2 Å². The Balaban J connectivity index is 1.65. The summed E-state index contributed by atoms with van der Waals surface area (Å²) in [5.74, 6) is 0.767. The second-order valence-corrected chi connectivity index (χ2v) is 8.34. The number of nitro benzene ring substituents is 1. The molecule has 3 heterocycles. The number of rotatable bonds is 5. The summed E-state index contributed by atoms with van der Waals surface area (Å²) in [5.41, 5.74) is 2.14. The Bertz CT molecular complexity index is 1440. The van der Waals surface area contributed by atoms with Crippen LogP contribution in [0, 0.1) is 10.1 Å². The third-order valence-electron chi connectivity index (χ3n) is 5.48. The summed E-state index contributed by atoms with van der Waals surface area (Å²) < 4.78 is 12.4. The first-order chi connectivity index (χ1) is 17.0. The molecule has 35 heavy (non-hydrogen) atoms. The molecular weight excluding hydrogens is 470 g/mol. The van der Waals surface area contributed by atoms with Gasteiger partial charge in [0.1, 0.15) is 5.76 Å². The van der Waals surface area contributed by atoms with Crippen molar-refractivity contribution in [2.45, 2.75) is 24.7 Å². The molecule has 0 bridgehead atoms. The number of anilines is 1. The van der Waals surface area contributed by atoms with Crippen LogP contribution in [0.25, 0.3) is 22.6 Å². The second kappa shape index (κ2) is 9.18. The van der Waals surface area contributed by atoms with Gasteiger partial charge in [-0.15, -0.1) is 10.2 Å². The lowest BCUT2D eigenvalue weighted by atomic mass is 10.1. The number of nitro groups is 1. The summed E-state index contributed by atoms with van der Waals surface area (Å²) in [6, 6.07) is 16.8. The van der Waals surface area contributed by atoms with Crippen LogP contribution in [-0.4, -0.2) is 32.3 Å². The fraction of sp³-hybridized carbons (Fsp3) is 0.167. The molecule has 10 nitrogen and oxygen atoms in total. The average molecular weight is 490 g/mol. The fourth-order valence-electron chi connectivity index (χ4n) is 3.84. The van der Waals surface area contributed by atoms with E-state index in [2.05, 4.69) is 15.2 Å². The monoisotopic (exact) mass is 489 g/mol. The number of furan rings is 1. The summed E-state index contributed by atoms with van der Waals surface area (Å²) in [5, 5.41) is 20.1. The highest BCUT2D eigenvalue weighted by Gasteiger charge is 2.37. The number of non-ortho nitro benzene ring substituents is 1. The Kier molecular flexibility index (Phi) is 5.91. The van der Waals surface area contributed by atoms with Crippen LogP contribution in [0.4, 0.5) is 11.4 Å². The minimum absolute atomic E-state index is 0.0517. The molecule has 0 spiro atoms. The molecule has 2 aromatic carbocycles. The summed E-state index contributed by atoms with van der Waals surface area (Å²) >= 11 is 1.32. The maximum atomic E-state index is 13.2. The van der Waals surface area contributed by atoms with Crippen molar-refractivity contribution in [3.63, 3.8) is 0 Å². The summed E-state index contributed by atoms with van der Waals surface area (Å²) in [6.45, 7) is 1.76. The van der Waals surface area contributed by atoms with E-state index in [9.17, 15) is 14.9 Å². The van der Waals surface area contributed by atoms with Crippen molar-refractivity contribution in [2.24, 2.45) is 0 Å². The normalized spacial score (nSPS) is 14.5. The number of hydrogen-bond acceptors (Lipinski definition) is 9. The Labute approximate surface area is 204 Å². The lowest BCUT2D eigenvalue weighted by molar-refractivity contribution is -0.384. The van der Waals surface area contributed by atoms with Gasteiger partial charge in [0.15, 0.2) is 11.5 Å². The van der Waals surface area contributed by atoms with Crippen LogP contribution in [0.15, 0.2) is 70.2 Å². The van der Waals surface area contributed by atoms with Crippen LogP contribution < -0.4 is 9.64 Å². The number of hydrogen-bond donors (Lipinski definition) is 0. The van der Waals surface area contributed by atoms with Gasteiger partial charge in [0.25, 0.3) is 5.69 Å². The molecule has 0 aliphatic carbocycles. The van der Waals surface area contributed by atoms with Crippen LogP contribution in [0.2, 0.25) is 0 Å². The molecule has 0 radical (unpaired) electrons. The molecule has 2 aromatic heterocycles. The quantitative estimate of drug-likeness (QED) is 0.210. The Morgan fingerprint density at radius 1 is 1.14 bits per heavy atom. The number of carbonyl (C=O) groups is 1. The van der Waals surface area contributed by atoms with E-state index in [0.717, 1.165) is 0 Å². The number of carbonyl (C=O) groups excluding carboxylic acids is 1. The van der Waals surface area contributed by atoms with Gasteiger partial charge in [-0.25, -0.2) is 0 Å². The van der Waals surface area contributed by atoms with Crippen molar-refractivity contribution >= 4 is 29.0 Å². The Morgan fingerprint density at radius 2 is 1.97 bits per heavy atom. The van der Waals surface area contributed by atoms with Gasteiger partial charge in [0.05, 0.1) is 10.6 Å². The zero-order chi connectivity index (χ0) is 24.5. The fourth-order valence-corrected chi connectivity index (χ4v) is 4.14. The topological polar surface area (TPSA) is 124 Å². The van der Waals surface area contributed by atoms with Crippen molar-refractivity contribution in [3.8, 4) is 28.5 Å². The summed E-state index contributed by atoms with van der Waals surface area (Å²) in [4.78, 5) is 30.0. The van der Waals surface area contributed by atoms with E-state index < -0.39 is 11.2 Å². The first-order valence-corrected chi connectivity index (χ1v) is 11.9. The first kappa shape index (κ1) is 22.5. The number of thioether (sulfide) groups is 1. The van der Waals surface area contributed by atoms with Gasteiger partial charge in [0, 0.05) is 29.7 Å². The highest BCUT2D eigenvalue weighted by atomic mass is 32.2. The smallest absolute Gasteiger partial charge is 0.270 e. The standard InChI is InChI=1S/C24H19N5O5S/c1-3-20(30)28-17-10-5-4-9-16(17)21-22(25-24(35-2)27-26-21)34-23(28)19-12-11-18(33-19)14-7-6-8-15(13-14)29(31)32/h4-13,23H,3H2,1-2H3/t23-/m0/s1. The molecule has 0 saturated carbocycles. The second-order valence-electron chi connectivity index (χ2n) is 7.57. The van der Waals surface area contributed by atoms with Crippen molar-refractivity contribution in [2.75, 3.05) is 11.2 Å². The third kappa shape index (κ3) is 4.10. The Hall–Kier alpha value is -4.25. The minimum atomic E-state index is -0.983. The van der Waals surface area contributed by atoms with E-state index in [4.69, 9.17) is 9.15 Å². The molecule has 0 fully saturated rings. The summed E-state index contributed by atoms with van der Waals surface area (Å²) in [6.07, 6.45) is 1.07. The van der Waals surface area contributed by atoms with E-state index in [-0.39, 0.29) is 23.9 Å². The highest BCUT2D eigenvalue weighted by molar-refractivity contribution is 7.98. The molecule has 4 aromatic rings. The number of nitrogens with zero attached hydrogens (tertiary/aromatic N) is 5. The van der Waals surface area contributed by atoms with E-state index >= 15 is 0 Å². The number of benzene rings is 2. The number of amides is 1. The van der Waals surface area contributed by atoms with E-state index in [1.807, 2.05) is 30.5 Å².